The predicted octanol–water partition coefficient (Wildman–Crippen LogP) is 0.920. The summed E-state index contributed by atoms with van der Waals surface area (Å²) in [5.41, 5.74) is 1.68. The van der Waals surface area contributed by atoms with Crippen LogP contribution in [0.2, 0.25) is 0 Å². The van der Waals surface area contributed by atoms with Gasteiger partial charge in [-0.2, -0.15) is 5.21 Å². The summed E-state index contributed by atoms with van der Waals surface area (Å²) in [5, 5.41) is 23.0. The summed E-state index contributed by atoms with van der Waals surface area (Å²) >= 11 is 0. The first-order valence-corrected chi connectivity index (χ1v) is 4.29. The Balaban J connectivity index is 2.41. The second kappa shape index (κ2) is 3.55. The highest BCUT2D eigenvalue weighted by molar-refractivity contribution is 5.55. The third-order valence-electron chi connectivity index (χ3n) is 1.97. The maximum absolute atomic E-state index is 9.38. The summed E-state index contributed by atoms with van der Waals surface area (Å²) in [7, 11) is 0. The molecule has 0 unspecified atom stereocenters. The molecule has 0 amide bonds. The van der Waals surface area contributed by atoms with E-state index in [1.807, 2.05) is 24.3 Å². The van der Waals surface area contributed by atoms with Gasteiger partial charge in [-0.25, -0.2) is 0 Å². The van der Waals surface area contributed by atoms with Crippen LogP contribution in [-0.4, -0.2) is 25.7 Å². The van der Waals surface area contributed by atoms with Gasteiger partial charge in [0.25, 0.3) is 0 Å². The number of aliphatic hydroxyl groups is 1. The van der Waals surface area contributed by atoms with Crippen molar-refractivity contribution in [1.29, 1.82) is 0 Å². The van der Waals surface area contributed by atoms with Gasteiger partial charge in [-0.05, 0) is 23.8 Å². The van der Waals surface area contributed by atoms with E-state index in [1.165, 1.54) is 0 Å². The van der Waals surface area contributed by atoms with E-state index in [4.69, 9.17) is 0 Å². The summed E-state index contributed by atoms with van der Waals surface area (Å²) in [6.07, 6.45) is -0.484. The molecule has 0 bridgehead atoms. The molecule has 0 spiro atoms. The molecular weight excluding hydrogens is 180 g/mol. The van der Waals surface area contributed by atoms with Crippen LogP contribution in [0.1, 0.15) is 18.6 Å². The van der Waals surface area contributed by atoms with Crippen molar-refractivity contribution in [2.75, 3.05) is 0 Å². The Bertz CT molecular complexity index is 411. The SMILES string of the molecule is C[C@H](O)c1cccc(-c2nn[nH]n2)c1. The largest absolute Gasteiger partial charge is 0.389 e. The lowest BCUT2D eigenvalue weighted by molar-refractivity contribution is 0.199. The molecule has 0 radical (unpaired) electrons. The normalized spacial score (nSPS) is 12.7. The first kappa shape index (κ1) is 8.83. The number of aromatic nitrogens is 4. The number of hydrogen-bond acceptors (Lipinski definition) is 4. The summed E-state index contributed by atoms with van der Waals surface area (Å²) in [5.74, 6) is 0.535. The van der Waals surface area contributed by atoms with E-state index in [0.717, 1.165) is 11.1 Å². The molecule has 0 fully saturated rings. The minimum atomic E-state index is -0.484. The number of rotatable bonds is 2. The number of nitrogens with one attached hydrogen (secondary N) is 1. The summed E-state index contributed by atoms with van der Waals surface area (Å²) in [4.78, 5) is 0. The second-order valence-electron chi connectivity index (χ2n) is 3.04. The van der Waals surface area contributed by atoms with E-state index in [-0.39, 0.29) is 0 Å². The number of benzene rings is 1. The minimum absolute atomic E-state index is 0.484. The van der Waals surface area contributed by atoms with Gasteiger partial charge in [-0.1, -0.05) is 18.2 Å². The molecule has 0 saturated heterocycles. The van der Waals surface area contributed by atoms with Crippen molar-refractivity contribution in [3.05, 3.63) is 29.8 Å². The Morgan fingerprint density at radius 2 is 2.29 bits per heavy atom. The summed E-state index contributed by atoms with van der Waals surface area (Å²) in [6.45, 7) is 1.72. The zero-order valence-electron chi connectivity index (χ0n) is 7.68. The van der Waals surface area contributed by atoms with Crippen LogP contribution >= 0.6 is 0 Å². The molecule has 5 nitrogen and oxygen atoms in total. The second-order valence-corrected chi connectivity index (χ2v) is 3.04. The molecule has 0 aliphatic heterocycles. The maximum Gasteiger partial charge on any atom is 0.204 e. The number of aromatic amines is 1. The number of tetrazole rings is 1. The number of H-pyrrole nitrogens is 1. The molecule has 0 aliphatic rings. The van der Waals surface area contributed by atoms with Crippen LogP contribution in [-0.2, 0) is 0 Å². The third kappa shape index (κ3) is 1.62. The molecule has 2 aromatic rings. The number of nitrogens with zero attached hydrogens (tertiary/aromatic N) is 3. The third-order valence-corrected chi connectivity index (χ3v) is 1.97. The van der Waals surface area contributed by atoms with Crippen molar-refractivity contribution in [3.8, 4) is 11.4 Å². The number of hydrogen-bond donors (Lipinski definition) is 2. The Kier molecular flexibility index (Phi) is 2.24. The topological polar surface area (TPSA) is 74.7 Å². The lowest BCUT2D eigenvalue weighted by atomic mass is 10.1. The van der Waals surface area contributed by atoms with Gasteiger partial charge in [-0.15, -0.1) is 10.2 Å². The van der Waals surface area contributed by atoms with E-state index in [2.05, 4.69) is 20.6 Å². The van der Waals surface area contributed by atoms with E-state index >= 15 is 0 Å². The molecule has 1 atom stereocenters. The van der Waals surface area contributed by atoms with E-state index < -0.39 is 6.10 Å². The van der Waals surface area contributed by atoms with Crippen molar-refractivity contribution in [2.45, 2.75) is 13.0 Å². The van der Waals surface area contributed by atoms with Crippen LogP contribution < -0.4 is 0 Å². The molecule has 0 aliphatic carbocycles. The van der Waals surface area contributed by atoms with Crippen LogP contribution in [0.3, 0.4) is 0 Å². The molecular formula is C9H10N4O. The van der Waals surface area contributed by atoms with Crippen molar-refractivity contribution >= 4 is 0 Å². The van der Waals surface area contributed by atoms with Gasteiger partial charge in [0.15, 0.2) is 0 Å². The zero-order valence-corrected chi connectivity index (χ0v) is 7.68. The van der Waals surface area contributed by atoms with Gasteiger partial charge in [0.1, 0.15) is 0 Å². The highest BCUT2D eigenvalue weighted by atomic mass is 16.3. The van der Waals surface area contributed by atoms with E-state index in [1.54, 1.807) is 6.92 Å². The highest BCUT2D eigenvalue weighted by Gasteiger charge is 2.05. The van der Waals surface area contributed by atoms with E-state index in [9.17, 15) is 5.11 Å². The first-order valence-electron chi connectivity index (χ1n) is 4.29. The fourth-order valence-corrected chi connectivity index (χ4v) is 1.22. The van der Waals surface area contributed by atoms with Crippen LogP contribution in [0.5, 0.6) is 0 Å². The Morgan fingerprint density at radius 3 is 2.93 bits per heavy atom. The lowest BCUT2D eigenvalue weighted by Gasteiger charge is -2.04. The molecule has 14 heavy (non-hydrogen) atoms. The van der Waals surface area contributed by atoms with Crippen molar-refractivity contribution < 1.29 is 5.11 Å². The predicted molar refractivity (Wildman–Crippen MR) is 50.2 cm³/mol. The quantitative estimate of drug-likeness (QED) is 0.738. The van der Waals surface area contributed by atoms with Crippen molar-refractivity contribution in [2.24, 2.45) is 0 Å². The molecule has 1 aromatic heterocycles. The standard InChI is InChI=1S/C9H10N4O/c1-6(14)7-3-2-4-8(5-7)9-10-12-13-11-9/h2-6,14H,1H3,(H,10,11,12,13)/t6-/m0/s1. The van der Waals surface area contributed by atoms with Gasteiger partial charge in [0.05, 0.1) is 6.10 Å². The van der Waals surface area contributed by atoms with Gasteiger partial charge < -0.3 is 5.11 Å². The molecule has 2 rings (SSSR count). The van der Waals surface area contributed by atoms with Gasteiger partial charge in [0.2, 0.25) is 5.82 Å². The summed E-state index contributed by atoms with van der Waals surface area (Å²) in [6, 6.07) is 7.42. The van der Waals surface area contributed by atoms with Gasteiger partial charge in [-0.3, -0.25) is 0 Å². The molecule has 2 N–H and O–H groups in total. The molecule has 1 aromatic carbocycles. The van der Waals surface area contributed by atoms with Crippen LogP contribution in [0.25, 0.3) is 11.4 Å². The van der Waals surface area contributed by atoms with Gasteiger partial charge >= 0.3 is 0 Å². The fraction of sp³-hybridized carbons (Fsp3) is 0.222. The fourth-order valence-electron chi connectivity index (χ4n) is 1.22. The monoisotopic (exact) mass is 190 g/mol. The molecule has 1 heterocycles. The van der Waals surface area contributed by atoms with Crippen molar-refractivity contribution in [1.82, 2.24) is 20.6 Å². The lowest BCUT2D eigenvalue weighted by Crippen LogP contribution is -1.91. The first-order chi connectivity index (χ1) is 6.77. The van der Waals surface area contributed by atoms with Crippen LogP contribution in [0, 0.1) is 0 Å². The van der Waals surface area contributed by atoms with Gasteiger partial charge in [0, 0.05) is 5.56 Å². The minimum Gasteiger partial charge on any atom is -0.389 e. The molecule has 5 heteroatoms. The number of aliphatic hydroxyl groups excluding tert-OH is 1. The average Bonchev–Trinajstić information content (AvgIpc) is 2.71. The average molecular weight is 190 g/mol. The molecule has 72 valence electrons. The molecule has 0 saturated carbocycles. The van der Waals surface area contributed by atoms with Crippen LogP contribution in [0.15, 0.2) is 24.3 Å². The maximum atomic E-state index is 9.38. The Hall–Kier alpha value is -1.75. The van der Waals surface area contributed by atoms with Crippen LogP contribution in [0.4, 0.5) is 0 Å². The zero-order chi connectivity index (χ0) is 9.97. The summed E-state index contributed by atoms with van der Waals surface area (Å²) < 4.78 is 0. The van der Waals surface area contributed by atoms with Crippen molar-refractivity contribution in [3.63, 3.8) is 0 Å². The Morgan fingerprint density at radius 1 is 1.43 bits per heavy atom. The highest BCUT2D eigenvalue weighted by Crippen LogP contribution is 2.19. The Labute approximate surface area is 80.8 Å². The smallest absolute Gasteiger partial charge is 0.204 e. The van der Waals surface area contributed by atoms with E-state index in [0.29, 0.717) is 5.82 Å².